The lowest BCUT2D eigenvalue weighted by Crippen LogP contribution is -2.04. The first-order valence-corrected chi connectivity index (χ1v) is 5.39. The third-order valence-corrected chi connectivity index (χ3v) is 2.73. The third-order valence-electron chi connectivity index (χ3n) is 2.73. The largest absolute Gasteiger partial charge is 0.382 e. The lowest BCUT2D eigenvalue weighted by Gasteiger charge is -2.04. The van der Waals surface area contributed by atoms with E-state index in [9.17, 15) is 0 Å². The van der Waals surface area contributed by atoms with E-state index < -0.39 is 0 Å². The Bertz CT molecular complexity index is 766. The number of aromatic nitrogens is 3. The van der Waals surface area contributed by atoms with Gasteiger partial charge in [0.25, 0.3) is 0 Å². The topological polar surface area (TPSA) is 80.5 Å². The molecule has 0 unspecified atom stereocenters. The van der Waals surface area contributed by atoms with Crippen LogP contribution in [0.15, 0.2) is 42.6 Å². The van der Waals surface area contributed by atoms with Gasteiger partial charge in [-0.25, -0.2) is 4.98 Å². The van der Waals surface area contributed by atoms with Gasteiger partial charge in [0.2, 0.25) is 0 Å². The molecule has 0 saturated carbocycles. The van der Waals surface area contributed by atoms with Gasteiger partial charge in [0.15, 0.2) is 5.82 Å². The Hall–Kier alpha value is -2.87. The number of nitrogens with two attached hydrogens (primary N) is 1. The van der Waals surface area contributed by atoms with Crippen LogP contribution in [-0.4, -0.2) is 14.8 Å². The van der Waals surface area contributed by atoms with Crippen LogP contribution in [0.3, 0.4) is 0 Å². The quantitative estimate of drug-likeness (QED) is 0.698. The molecule has 0 bridgehead atoms. The average Bonchev–Trinajstić information content (AvgIpc) is 2.79. The van der Waals surface area contributed by atoms with Gasteiger partial charge in [-0.15, -0.1) is 0 Å². The number of anilines is 1. The summed E-state index contributed by atoms with van der Waals surface area (Å²) in [6.45, 7) is 0. The van der Waals surface area contributed by atoms with Crippen molar-refractivity contribution in [2.75, 3.05) is 5.73 Å². The van der Waals surface area contributed by atoms with E-state index in [4.69, 9.17) is 11.0 Å². The molecule has 2 aromatic heterocycles. The molecule has 1 aromatic carbocycles. The summed E-state index contributed by atoms with van der Waals surface area (Å²) < 4.78 is 1.46. The predicted molar refractivity (Wildman–Crippen MR) is 68.0 cm³/mol. The average molecular weight is 235 g/mol. The van der Waals surface area contributed by atoms with Crippen LogP contribution >= 0.6 is 0 Å². The number of nitriles is 1. The molecule has 0 aliphatic carbocycles. The van der Waals surface area contributed by atoms with Crippen molar-refractivity contribution in [2.45, 2.75) is 0 Å². The molecule has 0 aliphatic rings. The number of nitrogen functional groups attached to an aromatic ring is 1. The van der Waals surface area contributed by atoms with E-state index in [2.05, 4.69) is 10.1 Å². The fraction of sp³-hybridized carbons (Fsp3) is 0. The minimum atomic E-state index is 0.306. The van der Waals surface area contributed by atoms with Gasteiger partial charge in [0, 0.05) is 5.39 Å². The minimum absolute atomic E-state index is 0.306. The molecule has 0 radical (unpaired) electrons. The lowest BCUT2D eigenvalue weighted by atomic mass is 10.2. The third kappa shape index (κ3) is 1.48. The molecular weight excluding hydrogens is 226 g/mol. The summed E-state index contributed by atoms with van der Waals surface area (Å²) in [5.74, 6) is 0.910. The summed E-state index contributed by atoms with van der Waals surface area (Å²) in [7, 11) is 0. The second-order valence-corrected chi connectivity index (χ2v) is 3.83. The molecule has 18 heavy (non-hydrogen) atoms. The van der Waals surface area contributed by atoms with E-state index >= 15 is 0 Å². The maximum absolute atomic E-state index is 8.85. The van der Waals surface area contributed by atoms with E-state index in [-0.39, 0.29) is 0 Å². The molecule has 0 atom stereocenters. The molecule has 0 fully saturated rings. The molecule has 0 aliphatic heterocycles. The zero-order valence-electron chi connectivity index (χ0n) is 9.41. The standard InChI is InChI=1S/C13H9N5/c14-7-10-8-16-18(13(10)15)12-6-5-9-3-1-2-4-11(9)17-12/h1-6,8H,15H2. The fourth-order valence-electron chi connectivity index (χ4n) is 1.80. The van der Waals surface area contributed by atoms with Crippen molar-refractivity contribution in [3.8, 4) is 11.9 Å². The van der Waals surface area contributed by atoms with Crippen LogP contribution in [0.5, 0.6) is 0 Å². The number of pyridine rings is 1. The Morgan fingerprint density at radius 2 is 2.00 bits per heavy atom. The molecule has 5 heteroatoms. The molecular formula is C13H9N5. The first-order valence-electron chi connectivity index (χ1n) is 5.39. The Morgan fingerprint density at radius 3 is 2.78 bits per heavy atom. The molecule has 3 rings (SSSR count). The summed E-state index contributed by atoms with van der Waals surface area (Å²) in [5.41, 5.74) is 7.04. The number of benzene rings is 1. The van der Waals surface area contributed by atoms with Crippen molar-refractivity contribution < 1.29 is 0 Å². The number of fused-ring (bicyclic) bond motifs is 1. The molecule has 0 saturated heterocycles. The monoisotopic (exact) mass is 235 g/mol. The second kappa shape index (κ2) is 3.86. The van der Waals surface area contributed by atoms with Crippen LogP contribution in [0.2, 0.25) is 0 Å². The second-order valence-electron chi connectivity index (χ2n) is 3.83. The van der Waals surface area contributed by atoms with Crippen LogP contribution in [0, 0.1) is 11.3 Å². The highest BCUT2D eigenvalue weighted by atomic mass is 15.3. The Morgan fingerprint density at radius 1 is 1.17 bits per heavy atom. The summed E-state index contributed by atoms with van der Waals surface area (Å²) in [5, 5.41) is 14.0. The number of hydrogen-bond acceptors (Lipinski definition) is 4. The van der Waals surface area contributed by atoms with E-state index in [1.54, 1.807) is 0 Å². The van der Waals surface area contributed by atoms with Gasteiger partial charge in [-0.2, -0.15) is 15.0 Å². The van der Waals surface area contributed by atoms with E-state index in [0.717, 1.165) is 10.9 Å². The zero-order chi connectivity index (χ0) is 12.5. The van der Waals surface area contributed by atoms with Gasteiger partial charge >= 0.3 is 0 Å². The number of para-hydroxylation sites is 1. The van der Waals surface area contributed by atoms with Gasteiger partial charge in [0.05, 0.1) is 11.7 Å². The van der Waals surface area contributed by atoms with Crippen LogP contribution in [0.4, 0.5) is 5.82 Å². The zero-order valence-corrected chi connectivity index (χ0v) is 9.41. The first-order chi connectivity index (χ1) is 8.79. The van der Waals surface area contributed by atoms with Crippen LogP contribution < -0.4 is 5.73 Å². The van der Waals surface area contributed by atoms with Crippen LogP contribution in [-0.2, 0) is 0 Å². The molecule has 0 amide bonds. The Labute approximate surface area is 103 Å². The van der Waals surface area contributed by atoms with Gasteiger partial charge < -0.3 is 5.73 Å². The van der Waals surface area contributed by atoms with E-state index in [0.29, 0.717) is 17.2 Å². The first kappa shape index (κ1) is 10.3. The molecule has 3 aromatic rings. The fourth-order valence-corrected chi connectivity index (χ4v) is 1.80. The van der Waals surface area contributed by atoms with Crippen LogP contribution in [0.25, 0.3) is 16.7 Å². The highest BCUT2D eigenvalue weighted by Crippen LogP contribution is 2.18. The van der Waals surface area contributed by atoms with Gasteiger partial charge in [-0.1, -0.05) is 18.2 Å². The van der Waals surface area contributed by atoms with Gasteiger partial charge in [-0.3, -0.25) is 0 Å². The Balaban J connectivity index is 2.20. The Kier molecular flexibility index (Phi) is 2.21. The smallest absolute Gasteiger partial charge is 0.156 e. The summed E-state index contributed by atoms with van der Waals surface area (Å²) >= 11 is 0. The van der Waals surface area contributed by atoms with E-state index in [1.807, 2.05) is 42.5 Å². The highest BCUT2D eigenvalue weighted by Gasteiger charge is 2.09. The molecule has 2 heterocycles. The summed E-state index contributed by atoms with van der Waals surface area (Å²) in [6.07, 6.45) is 1.44. The van der Waals surface area contributed by atoms with Gasteiger partial charge in [0.1, 0.15) is 17.5 Å². The lowest BCUT2D eigenvalue weighted by molar-refractivity contribution is 0.863. The van der Waals surface area contributed by atoms with Crippen molar-refractivity contribution >= 4 is 16.7 Å². The van der Waals surface area contributed by atoms with Crippen molar-refractivity contribution in [3.05, 3.63) is 48.2 Å². The van der Waals surface area contributed by atoms with E-state index in [1.165, 1.54) is 10.9 Å². The highest BCUT2D eigenvalue weighted by molar-refractivity contribution is 5.79. The number of nitrogens with zero attached hydrogens (tertiary/aromatic N) is 4. The van der Waals surface area contributed by atoms with Crippen molar-refractivity contribution in [1.29, 1.82) is 5.26 Å². The summed E-state index contributed by atoms with van der Waals surface area (Å²) in [6, 6.07) is 13.5. The number of hydrogen-bond donors (Lipinski definition) is 1. The van der Waals surface area contributed by atoms with Crippen LogP contribution in [0.1, 0.15) is 5.56 Å². The van der Waals surface area contributed by atoms with Crippen molar-refractivity contribution in [1.82, 2.24) is 14.8 Å². The molecule has 0 spiro atoms. The molecule has 86 valence electrons. The molecule has 2 N–H and O–H groups in total. The SMILES string of the molecule is N#Cc1cnn(-c2ccc3ccccc3n2)c1N. The number of rotatable bonds is 1. The maximum atomic E-state index is 8.85. The normalized spacial score (nSPS) is 10.4. The van der Waals surface area contributed by atoms with Crippen molar-refractivity contribution in [3.63, 3.8) is 0 Å². The predicted octanol–water partition coefficient (Wildman–Crippen LogP) is 1.87. The van der Waals surface area contributed by atoms with Gasteiger partial charge in [-0.05, 0) is 18.2 Å². The van der Waals surface area contributed by atoms with Crippen molar-refractivity contribution in [2.24, 2.45) is 0 Å². The minimum Gasteiger partial charge on any atom is -0.382 e. The molecule has 5 nitrogen and oxygen atoms in total. The maximum Gasteiger partial charge on any atom is 0.156 e. The summed E-state index contributed by atoms with van der Waals surface area (Å²) in [4.78, 5) is 4.46.